The number of aryl methyl sites for hydroxylation is 1. The standard InChI is InChI=1S/C25H20N4O2S/c1-16-4-2-5-19(12-16)24(31)29-11-9-18-13-17(7-8-22(18)29)21-15-32-25(27-21)28-23(30)20-6-3-10-26-14-20/h2-8,10,12-15H,9,11H2,1H3,(H,27,28,30). The van der Waals surface area contributed by atoms with Crippen LogP contribution in [0.3, 0.4) is 0 Å². The van der Waals surface area contributed by atoms with Gasteiger partial charge in [0.2, 0.25) is 0 Å². The van der Waals surface area contributed by atoms with Crippen molar-refractivity contribution >= 4 is 34.0 Å². The second-order valence-electron chi connectivity index (χ2n) is 7.65. The molecular formula is C25H20N4O2S. The number of nitrogens with zero attached hydrogens (tertiary/aromatic N) is 3. The van der Waals surface area contributed by atoms with Crippen molar-refractivity contribution in [2.45, 2.75) is 13.3 Å². The summed E-state index contributed by atoms with van der Waals surface area (Å²) < 4.78 is 0. The molecule has 2 amide bonds. The number of hydrogen-bond acceptors (Lipinski definition) is 5. The molecular weight excluding hydrogens is 420 g/mol. The van der Waals surface area contributed by atoms with E-state index in [9.17, 15) is 9.59 Å². The van der Waals surface area contributed by atoms with Gasteiger partial charge in [0.15, 0.2) is 5.13 Å². The molecule has 0 atom stereocenters. The molecule has 0 aliphatic carbocycles. The molecule has 1 aliphatic rings. The van der Waals surface area contributed by atoms with Gasteiger partial charge in [0.05, 0.1) is 11.3 Å². The SMILES string of the molecule is Cc1cccc(C(=O)N2CCc3cc(-c4csc(NC(=O)c5cccnc5)n4)ccc32)c1. The highest BCUT2D eigenvalue weighted by atomic mass is 32.1. The Kier molecular flexibility index (Phi) is 5.25. The summed E-state index contributed by atoms with van der Waals surface area (Å²) in [5, 5.41) is 5.28. The fourth-order valence-corrected chi connectivity index (χ4v) is 4.55. The van der Waals surface area contributed by atoms with Crippen molar-refractivity contribution in [3.63, 3.8) is 0 Å². The molecule has 1 N–H and O–H groups in total. The molecule has 0 bridgehead atoms. The van der Waals surface area contributed by atoms with E-state index in [2.05, 4.69) is 21.4 Å². The van der Waals surface area contributed by atoms with E-state index in [1.807, 2.05) is 53.6 Å². The van der Waals surface area contributed by atoms with Crippen LogP contribution in [0, 0.1) is 6.92 Å². The van der Waals surface area contributed by atoms with E-state index in [4.69, 9.17) is 0 Å². The summed E-state index contributed by atoms with van der Waals surface area (Å²) in [5.74, 6) is -0.215. The molecule has 0 spiro atoms. The van der Waals surface area contributed by atoms with Gasteiger partial charge in [0.1, 0.15) is 0 Å². The Hall–Kier alpha value is -3.84. The van der Waals surface area contributed by atoms with E-state index in [0.29, 0.717) is 22.8 Å². The van der Waals surface area contributed by atoms with Gasteiger partial charge in [-0.3, -0.25) is 19.9 Å². The number of nitrogens with one attached hydrogen (secondary N) is 1. The lowest BCUT2D eigenvalue weighted by Gasteiger charge is -2.18. The Morgan fingerprint density at radius 1 is 1.06 bits per heavy atom. The number of carbonyl (C=O) groups is 2. The van der Waals surface area contributed by atoms with E-state index >= 15 is 0 Å². The monoisotopic (exact) mass is 440 g/mol. The van der Waals surface area contributed by atoms with Gasteiger partial charge < -0.3 is 4.90 Å². The highest BCUT2D eigenvalue weighted by molar-refractivity contribution is 7.14. The Balaban J connectivity index is 1.34. The van der Waals surface area contributed by atoms with Crippen LogP contribution in [0.2, 0.25) is 0 Å². The van der Waals surface area contributed by atoms with Crippen molar-refractivity contribution < 1.29 is 9.59 Å². The summed E-state index contributed by atoms with van der Waals surface area (Å²) in [6.07, 6.45) is 3.95. The van der Waals surface area contributed by atoms with Crippen LogP contribution in [0.4, 0.5) is 10.8 Å². The summed E-state index contributed by atoms with van der Waals surface area (Å²) in [4.78, 5) is 35.7. The van der Waals surface area contributed by atoms with E-state index in [1.54, 1.807) is 18.3 Å². The van der Waals surface area contributed by atoms with Crippen LogP contribution in [0.25, 0.3) is 11.3 Å². The second kappa shape index (κ2) is 8.36. The van der Waals surface area contributed by atoms with Crippen LogP contribution < -0.4 is 10.2 Å². The third kappa shape index (κ3) is 3.90. The van der Waals surface area contributed by atoms with E-state index in [0.717, 1.165) is 34.5 Å². The average molecular weight is 441 g/mol. The first-order valence-electron chi connectivity index (χ1n) is 10.3. The summed E-state index contributed by atoms with van der Waals surface area (Å²) >= 11 is 1.38. The smallest absolute Gasteiger partial charge is 0.259 e. The number of pyridine rings is 1. The number of benzene rings is 2. The van der Waals surface area contributed by atoms with Crippen molar-refractivity contribution in [2.75, 3.05) is 16.8 Å². The van der Waals surface area contributed by atoms with Crippen LogP contribution in [0.1, 0.15) is 31.8 Å². The van der Waals surface area contributed by atoms with E-state index in [-0.39, 0.29) is 11.8 Å². The lowest BCUT2D eigenvalue weighted by atomic mass is 10.1. The van der Waals surface area contributed by atoms with Gasteiger partial charge in [-0.2, -0.15) is 0 Å². The molecule has 5 rings (SSSR count). The molecule has 32 heavy (non-hydrogen) atoms. The fourth-order valence-electron chi connectivity index (χ4n) is 3.84. The van der Waals surface area contributed by atoms with Crippen molar-refractivity contribution in [1.82, 2.24) is 9.97 Å². The van der Waals surface area contributed by atoms with Crippen molar-refractivity contribution in [2.24, 2.45) is 0 Å². The van der Waals surface area contributed by atoms with Crippen molar-refractivity contribution in [3.8, 4) is 11.3 Å². The fraction of sp³-hybridized carbons (Fsp3) is 0.120. The van der Waals surface area contributed by atoms with Gasteiger partial charge >= 0.3 is 0 Å². The van der Waals surface area contributed by atoms with Gasteiger partial charge in [-0.15, -0.1) is 11.3 Å². The maximum atomic E-state index is 13.0. The summed E-state index contributed by atoms with van der Waals surface area (Å²) in [5.41, 5.74) is 6.09. The molecule has 0 fully saturated rings. The van der Waals surface area contributed by atoms with Gasteiger partial charge in [0.25, 0.3) is 11.8 Å². The number of rotatable bonds is 4. The lowest BCUT2D eigenvalue weighted by Crippen LogP contribution is -2.28. The first-order valence-corrected chi connectivity index (χ1v) is 11.2. The summed E-state index contributed by atoms with van der Waals surface area (Å²) in [6, 6.07) is 17.2. The van der Waals surface area contributed by atoms with Crippen LogP contribution in [0.5, 0.6) is 0 Å². The maximum absolute atomic E-state index is 13.0. The summed E-state index contributed by atoms with van der Waals surface area (Å²) in [6.45, 7) is 2.65. The van der Waals surface area contributed by atoms with Crippen LogP contribution >= 0.6 is 11.3 Å². The van der Waals surface area contributed by atoms with Crippen molar-refractivity contribution in [3.05, 3.63) is 94.6 Å². The Morgan fingerprint density at radius 3 is 2.75 bits per heavy atom. The number of fused-ring (bicyclic) bond motifs is 1. The first kappa shape index (κ1) is 20.1. The molecule has 158 valence electrons. The Bertz CT molecular complexity index is 1320. The quantitative estimate of drug-likeness (QED) is 0.486. The predicted octanol–water partition coefficient (Wildman–Crippen LogP) is 4.97. The van der Waals surface area contributed by atoms with E-state index in [1.165, 1.54) is 17.5 Å². The molecule has 0 radical (unpaired) electrons. The second-order valence-corrected chi connectivity index (χ2v) is 8.51. The minimum Gasteiger partial charge on any atom is -0.308 e. The molecule has 7 heteroatoms. The normalized spacial score (nSPS) is 12.5. The molecule has 4 aromatic rings. The topological polar surface area (TPSA) is 75.2 Å². The maximum Gasteiger partial charge on any atom is 0.259 e. The zero-order valence-corrected chi connectivity index (χ0v) is 18.2. The number of hydrogen-bond donors (Lipinski definition) is 1. The minimum atomic E-state index is -0.238. The number of anilines is 2. The van der Waals surface area contributed by atoms with Crippen LogP contribution in [-0.2, 0) is 6.42 Å². The van der Waals surface area contributed by atoms with Crippen LogP contribution in [-0.4, -0.2) is 28.3 Å². The van der Waals surface area contributed by atoms with E-state index < -0.39 is 0 Å². The van der Waals surface area contributed by atoms with Crippen LogP contribution in [0.15, 0.2) is 72.4 Å². The zero-order valence-electron chi connectivity index (χ0n) is 17.4. The zero-order chi connectivity index (χ0) is 22.1. The summed E-state index contributed by atoms with van der Waals surface area (Å²) in [7, 11) is 0. The molecule has 0 unspecified atom stereocenters. The molecule has 2 aromatic heterocycles. The first-order chi connectivity index (χ1) is 15.6. The molecule has 1 aliphatic heterocycles. The number of amides is 2. The highest BCUT2D eigenvalue weighted by Gasteiger charge is 2.26. The number of carbonyl (C=O) groups excluding carboxylic acids is 2. The molecule has 3 heterocycles. The molecule has 2 aromatic carbocycles. The molecule has 0 saturated heterocycles. The van der Waals surface area contributed by atoms with Gasteiger partial charge in [-0.05, 0) is 55.3 Å². The number of thiazole rings is 1. The third-order valence-corrected chi connectivity index (χ3v) is 6.19. The highest BCUT2D eigenvalue weighted by Crippen LogP contribution is 2.34. The predicted molar refractivity (Wildman–Crippen MR) is 126 cm³/mol. The molecule has 6 nitrogen and oxygen atoms in total. The number of aromatic nitrogens is 2. The van der Waals surface area contributed by atoms with Gasteiger partial charge in [-0.25, -0.2) is 4.98 Å². The van der Waals surface area contributed by atoms with Gasteiger partial charge in [-0.1, -0.05) is 23.8 Å². The van der Waals surface area contributed by atoms with Crippen molar-refractivity contribution in [1.29, 1.82) is 0 Å². The van der Waals surface area contributed by atoms with Gasteiger partial charge in [0, 0.05) is 41.1 Å². The lowest BCUT2D eigenvalue weighted by molar-refractivity contribution is 0.0987. The minimum absolute atomic E-state index is 0.0225. The molecule has 0 saturated carbocycles. The largest absolute Gasteiger partial charge is 0.308 e. The third-order valence-electron chi connectivity index (χ3n) is 5.43. The Labute approximate surface area is 189 Å². The average Bonchev–Trinajstić information content (AvgIpc) is 3.46. The Morgan fingerprint density at radius 2 is 1.94 bits per heavy atom.